The first-order chi connectivity index (χ1) is 6.54. The molecule has 14 heavy (non-hydrogen) atoms. The summed E-state index contributed by atoms with van der Waals surface area (Å²) in [6, 6.07) is 0. The molecule has 0 aliphatic heterocycles. The summed E-state index contributed by atoms with van der Waals surface area (Å²) in [6.07, 6.45) is 0. The molecule has 0 fully saturated rings. The SMILES string of the molecule is CN(CCO)C(=O)C(=O)N(C)CCO. The number of aliphatic hydroxyl groups excluding tert-OH is 2. The molecule has 0 unspecified atom stereocenters. The van der Waals surface area contributed by atoms with Gasteiger partial charge in [0.15, 0.2) is 0 Å². The van der Waals surface area contributed by atoms with E-state index in [-0.39, 0.29) is 26.3 Å². The zero-order chi connectivity index (χ0) is 11.1. The number of carbonyl (C=O) groups is 2. The Morgan fingerprint density at radius 3 is 1.43 bits per heavy atom. The van der Waals surface area contributed by atoms with Crippen molar-refractivity contribution in [3.63, 3.8) is 0 Å². The second-order valence-corrected chi connectivity index (χ2v) is 2.90. The van der Waals surface area contributed by atoms with Crippen molar-refractivity contribution in [3.05, 3.63) is 0 Å². The lowest BCUT2D eigenvalue weighted by Gasteiger charge is -2.19. The Labute approximate surface area is 82.7 Å². The van der Waals surface area contributed by atoms with Crippen LogP contribution in [0.4, 0.5) is 0 Å². The molecular formula is C8H16N2O4. The summed E-state index contributed by atoms with van der Waals surface area (Å²) in [5.74, 6) is -1.37. The zero-order valence-corrected chi connectivity index (χ0v) is 8.43. The lowest BCUT2D eigenvalue weighted by Crippen LogP contribution is -2.43. The minimum absolute atomic E-state index is 0.123. The third kappa shape index (κ3) is 3.71. The minimum Gasteiger partial charge on any atom is -0.395 e. The van der Waals surface area contributed by atoms with Gasteiger partial charge >= 0.3 is 11.8 Å². The lowest BCUT2D eigenvalue weighted by atomic mass is 10.4. The number of nitrogens with zero attached hydrogens (tertiary/aromatic N) is 2. The summed E-state index contributed by atoms with van der Waals surface area (Å²) in [6.45, 7) is -0.118. The van der Waals surface area contributed by atoms with Gasteiger partial charge in [0, 0.05) is 27.2 Å². The Morgan fingerprint density at radius 1 is 0.929 bits per heavy atom. The third-order valence-corrected chi connectivity index (χ3v) is 1.75. The van der Waals surface area contributed by atoms with Crippen LogP contribution < -0.4 is 0 Å². The van der Waals surface area contributed by atoms with E-state index in [0.29, 0.717) is 0 Å². The smallest absolute Gasteiger partial charge is 0.311 e. The fourth-order valence-corrected chi connectivity index (χ4v) is 0.830. The van der Waals surface area contributed by atoms with Crippen molar-refractivity contribution in [1.82, 2.24) is 9.80 Å². The van der Waals surface area contributed by atoms with Crippen LogP contribution in [0.3, 0.4) is 0 Å². The van der Waals surface area contributed by atoms with E-state index in [1.54, 1.807) is 0 Å². The van der Waals surface area contributed by atoms with Crippen LogP contribution >= 0.6 is 0 Å². The maximum atomic E-state index is 11.3. The molecule has 6 nitrogen and oxygen atoms in total. The number of hydrogen-bond donors (Lipinski definition) is 2. The van der Waals surface area contributed by atoms with E-state index >= 15 is 0 Å². The van der Waals surface area contributed by atoms with Crippen LogP contribution in [0.2, 0.25) is 0 Å². The number of aliphatic hydroxyl groups is 2. The van der Waals surface area contributed by atoms with Gasteiger partial charge in [-0.15, -0.1) is 0 Å². The molecule has 0 heterocycles. The molecule has 0 aromatic heterocycles. The lowest BCUT2D eigenvalue weighted by molar-refractivity contribution is -0.150. The molecule has 2 N–H and O–H groups in total. The molecule has 0 aromatic carbocycles. The Balaban J connectivity index is 4.17. The summed E-state index contributed by atoms with van der Waals surface area (Å²) in [5.41, 5.74) is 0. The van der Waals surface area contributed by atoms with Crippen LogP contribution in [0, 0.1) is 0 Å². The topological polar surface area (TPSA) is 81.1 Å². The van der Waals surface area contributed by atoms with Crippen molar-refractivity contribution in [2.45, 2.75) is 0 Å². The second kappa shape index (κ2) is 6.33. The van der Waals surface area contributed by atoms with Crippen LogP contribution in [0.1, 0.15) is 0 Å². The van der Waals surface area contributed by atoms with Gasteiger partial charge in [-0.05, 0) is 0 Å². The van der Waals surface area contributed by atoms with Crippen LogP contribution in [0.15, 0.2) is 0 Å². The molecule has 0 bridgehead atoms. The Kier molecular flexibility index (Phi) is 5.82. The summed E-state index contributed by atoms with van der Waals surface area (Å²) in [4.78, 5) is 24.9. The fourth-order valence-electron chi connectivity index (χ4n) is 0.830. The normalized spacial score (nSPS) is 9.71. The highest BCUT2D eigenvalue weighted by atomic mass is 16.3. The van der Waals surface area contributed by atoms with E-state index in [1.165, 1.54) is 14.1 Å². The van der Waals surface area contributed by atoms with Crippen molar-refractivity contribution in [1.29, 1.82) is 0 Å². The fraction of sp³-hybridized carbons (Fsp3) is 0.750. The Morgan fingerprint density at radius 2 is 1.21 bits per heavy atom. The molecule has 0 aliphatic rings. The van der Waals surface area contributed by atoms with Crippen molar-refractivity contribution >= 4 is 11.8 Å². The van der Waals surface area contributed by atoms with E-state index in [1.807, 2.05) is 0 Å². The summed E-state index contributed by atoms with van der Waals surface area (Å²) in [5, 5.41) is 17.1. The van der Waals surface area contributed by atoms with Gasteiger partial charge < -0.3 is 20.0 Å². The number of amides is 2. The highest BCUT2D eigenvalue weighted by Gasteiger charge is 2.21. The maximum Gasteiger partial charge on any atom is 0.311 e. The van der Waals surface area contributed by atoms with Crippen LogP contribution in [-0.4, -0.2) is 72.2 Å². The van der Waals surface area contributed by atoms with Gasteiger partial charge in [-0.25, -0.2) is 0 Å². The van der Waals surface area contributed by atoms with Crippen molar-refractivity contribution in [2.24, 2.45) is 0 Å². The number of rotatable bonds is 4. The van der Waals surface area contributed by atoms with E-state index in [2.05, 4.69) is 0 Å². The first-order valence-electron chi connectivity index (χ1n) is 4.26. The van der Waals surface area contributed by atoms with Crippen LogP contribution in [0.5, 0.6) is 0 Å². The van der Waals surface area contributed by atoms with E-state index in [4.69, 9.17) is 10.2 Å². The number of likely N-dealkylation sites (N-methyl/N-ethyl adjacent to an activating group) is 2. The van der Waals surface area contributed by atoms with Gasteiger partial charge in [0.1, 0.15) is 0 Å². The van der Waals surface area contributed by atoms with Crippen molar-refractivity contribution < 1.29 is 19.8 Å². The summed E-state index contributed by atoms with van der Waals surface area (Å²) in [7, 11) is 2.87. The molecule has 0 spiro atoms. The van der Waals surface area contributed by atoms with E-state index < -0.39 is 11.8 Å². The highest BCUT2D eigenvalue weighted by Crippen LogP contribution is 1.91. The van der Waals surface area contributed by atoms with Gasteiger partial charge in [-0.3, -0.25) is 9.59 Å². The highest BCUT2D eigenvalue weighted by molar-refractivity contribution is 6.34. The predicted molar refractivity (Wildman–Crippen MR) is 49.4 cm³/mol. The third-order valence-electron chi connectivity index (χ3n) is 1.75. The minimum atomic E-state index is -0.685. The first kappa shape index (κ1) is 12.9. The molecule has 0 saturated carbocycles. The zero-order valence-electron chi connectivity index (χ0n) is 8.43. The summed E-state index contributed by atoms with van der Waals surface area (Å²) < 4.78 is 0. The molecule has 82 valence electrons. The standard InChI is InChI=1S/C8H16N2O4/c1-9(3-5-11)7(13)8(14)10(2)4-6-12/h11-12H,3-6H2,1-2H3. The monoisotopic (exact) mass is 204 g/mol. The molecular weight excluding hydrogens is 188 g/mol. The molecule has 6 heteroatoms. The Hall–Kier alpha value is -1.14. The largest absolute Gasteiger partial charge is 0.395 e. The molecule has 0 rings (SSSR count). The van der Waals surface area contributed by atoms with E-state index in [9.17, 15) is 9.59 Å². The van der Waals surface area contributed by atoms with Crippen molar-refractivity contribution in [3.8, 4) is 0 Å². The molecule has 0 aliphatic carbocycles. The van der Waals surface area contributed by atoms with Gasteiger partial charge in [0.2, 0.25) is 0 Å². The van der Waals surface area contributed by atoms with E-state index in [0.717, 1.165) is 9.80 Å². The van der Waals surface area contributed by atoms with Crippen molar-refractivity contribution in [2.75, 3.05) is 40.4 Å². The van der Waals surface area contributed by atoms with Gasteiger partial charge in [-0.1, -0.05) is 0 Å². The molecule has 0 radical (unpaired) electrons. The van der Waals surface area contributed by atoms with Gasteiger partial charge in [0.25, 0.3) is 0 Å². The molecule has 0 atom stereocenters. The second-order valence-electron chi connectivity index (χ2n) is 2.90. The Bertz CT molecular complexity index is 186. The quantitative estimate of drug-likeness (QED) is 0.513. The molecule has 0 aromatic rings. The average Bonchev–Trinajstić information content (AvgIpc) is 2.16. The van der Waals surface area contributed by atoms with Gasteiger partial charge in [-0.2, -0.15) is 0 Å². The number of carbonyl (C=O) groups excluding carboxylic acids is 2. The molecule has 0 saturated heterocycles. The number of hydrogen-bond acceptors (Lipinski definition) is 4. The predicted octanol–water partition coefficient (Wildman–Crippen LogP) is -2.11. The van der Waals surface area contributed by atoms with Crippen LogP contribution in [-0.2, 0) is 9.59 Å². The molecule has 2 amide bonds. The first-order valence-corrected chi connectivity index (χ1v) is 4.26. The summed E-state index contributed by atoms with van der Waals surface area (Å²) >= 11 is 0. The maximum absolute atomic E-state index is 11.3. The van der Waals surface area contributed by atoms with Crippen LogP contribution in [0.25, 0.3) is 0 Å². The van der Waals surface area contributed by atoms with Gasteiger partial charge in [0.05, 0.1) is 13.2 Å². The average molecular weight is 204 g/mol.